The summed E-state index contributed by atoms with van der Waals surface area (Å²) in [5.74, 6) is 1.54. The zero-order valence-electron chi connectivity index (χ0n) is 20.7. The highest BCUT2D eigenvalue weighted by Crippen LogP contribution is 2.57. The third-order valence-electron chi connectivity index (χ3n) is 8.86. The van der Waals surface area contributed by atoms with Crippen molar-refractivity contribution in [2.45, 2.75) is 69.3 Å². The van der Waals surface area contributed by atoms with Crippen LogP contribution in [-0.2, 0) is 15.7 Å². The molecule has 0 aromatic carbocycles. The molecule has 11 heteroatoms. The molecule has 2 heterocycles. The molecule has 2 unspecified atom stereocenters. The van der Waals surface area contributed by atoms with E-state index < -0.39 is 29.0 Å². The Bertz CT molecular complexity index is 991. The first-order chi connectivity index (χ1) is 16.9. The second-order valence-corrected chi connectivity index (χ2v) is 11.5. The lowest BCUT2D eigenvalue weighted by Crippen LogP contribution is -2.67. The van der Waals surface area contributed by atoms with Crippen LogP contribution in [0.25, 0.3) is 0 Å². The van der Waals surface area contributed by atoms with Gasteiger partial charge in [-0.1, -0.05) is 0 Å². The van der Waals surface area contributed by atoms with E-state index in [1.165, 1.54) is 6.07 Å². The molecule has 1 aromatic heterocycles. The Morgan fingerprint density at radius 3 is 2.25 bits per heavy atom. The number of carbonyl (C=O) groups is 2. The van der Waals surface area contributed by atoms with Crippen molar-refractivity contribution in [1.82, 2.24) is 15.2 Å². The van der Waals surface area contributed by atoms with Crippen molar-refractivity contribution in [3.8, 4) is 0 Å². The largest absolute Gasteiger partial charge is 0.443 e. The van der Waals surface area contributed by atoms with Gasteiger partial charge in [0.05, 0.1) is 11.1 Å². The van der Waals surface area contributed by atoms with Crippen molar-refractivity contribution in [1.29, 1.82) is 0 Å². The van der Waals surface area contributed by atoms with E-state index in [1.807, 2.05) is 18.7 Å². The topological polar surface area (TPSA) is 101 Å². The van der Waals surface area contributed by atoms with Gasteiger partial charge in [0.15, 0.2) is 0 Å². The summed E-state index contributed by atoms with van der Waals surface area (Å²) in [7, 11) is 0. The normalized spacial score (nSPS) is 32.4. The average molecular weight is 510 g/mol. The van der Waals surface area contributed by atoms with Crippen LogP contribution in [0.15, 0.2) is 18.3 Å². The monoisotopic (exact) mass is 509 g/mol. The first-order valence-electron chi connectivity index (χ1n) is 12.7. The molecule has 3 N–H and O–H groups in total. The molecule has 1 aliphatic heterocycles. The average Bonchev–Trinajstić information content (AvgIpc) is 2.79. The number of pyridine rings is 1. The van der Waals surface area contributed by atoms with E-state index in [-0.39, 0.29) is 23.8 Å². The molecule has 4 saturated carbocycles. The fourth-order valence-corrected chi connectivity index (χ4v) is 7.23. The van der Waals surface area contributed by atoms with E-state index in [2.05, 4.69) is 15.2 Å². The molecule has 0 spiro atoms. The molecule has 36 heavy (non-hydrogen) atoms. The molecule has 1 saturated heterocycles. The van der Waals surface area contributed by atoms with E-state index in [1.54, 1.807) is 0 Å². The Hall–Kier alpha value is -2.56. The van der Waals surface area contributed by atoms with E-state index in [0.29, 0.717) is 37.9 Å². The minimum Gasteiger partial charge on any atom is -0.443 e. The highest BCUT2D eigenvalue weighted by atomic mass is 19.4. The van der Waals surface area contributed by atoms with Crippen LogP contribution in [0.3, 0.4) is 0 Å². The summed E-state index contributed by atoms with van der Waals surface area (Å²) in [6, 6.07) is 2.52. The summed E-state index contributed by atoms with van der Waals surface area (Å²) < 4.78 is 44.1. The Kier molecular flexibility index (Phi) is 6.12. The van der Waals surface area contributed by atoms with Crippen LogP contribution in [0, 0.1) is 17.8 Å². The van der Waals surface area contributed by atoms with Gasteiger partial charge in [-0.3, -0.25) is 9.69 Å². The van der Waals surface area contributed by atoms with E-state index >= 15 is 0 Å². The molecule has 8 nitrogen and oxygen atoms in total. The molecule has 6 rings (SSSR count). The standard InChI is InChI=1S/C25H34F3N5O3/c1-23(2,33-7-5-32(6-8-33)19-4-3-18(14-30-19)25(26,27)28)21(34)31-20-16-9-15-10-17(20)13-24(11-15,12-16)36-22(29)35/h3-4,14-17,20H,5-13H2,1-2H3,(H2,29,35)(H,31,34). The lowest BCUT2D eigenvalue weighted by Gasteiger charge is -2.59. The number of ether oxygens (including phenoxy) is 1. The van der Waals surface area contributed by atoms with Gasteiger partial charge in [0, 0.05) is 38.4 Å². The van der Waals surface area contributed by atoms with E-state index in [9.17, 15) is 22.8 Å². The van der Waals surface area contributed by atoms with Gasteiger partial charge in [-0.05, 0) is 75.8 Å². The Labute approximate surface area is 208 Å². The molecule has 198 valence electrons. The number of rotatable bonds is 5. The summed E-state index contributed by atoms with van der Waals surface area (Å²) in [5, 5.41) is 3.35. The van der Waals surface area contributed by atoms with Crippen molar-refractivity contribution >= 4 is 17.8 Å². The number of piperazine rings is 1. The summed E-state index contributed by atoms with van der Waals surface area (Å²) in [4.78, 5) is 33.1. The Morgan fingerprint density at radius 2 is 1.72 bits per heavy atom. The zero-order chi connectivity index (χ0) is 25.9. The van der Waals surface area contributed by atoms with Crippen molar-refractivity contribution < 1.29 is 27.5 Å². The minimum absolute atomic E-state index is 0.0223. The number of primary amides is 1. The number of hydrogen-bond acceptors (Lipinski definition) is 6. The molecule has 4 bridgehead atoms. The van der Waals surface area contributed by atoms with Crippen LogP contribution in [0.5, 0.6) is 0 Å². The van der Waals surface area contributed by atoms with Crippen LogP contribution in [0.4, 0.5) is 23.8 Å². The van der Waals surface area contributed by atoms with Crippen LogP contribution >= 0.6 is 0 Å². The lowest BCUT2D eigenvalue weighted by atomic mass is 9.52. The molecule has 2 amide bonds. The van der Waals surface area contributed by atoms with Crippen molar-refractivity contribution in [2.24, 2.45) is 23.5 Å². The van der Waals surface area contributed by atoms with Crippen LogP contribution in [0.2, 0.25) is 0 Å². The van der Waals surface area contributed by atoms with Gasteiger partial charge in [0.25, 0.3) is 0 Å². The molecular weight excluding hydrogens is 475 g/mol. The number of carbonyl (C=O) groups excluding carboxylic acids is 2. The quantitative estimate of drug-likeness (QED) is 0.633. The molecule has 5 fully saturated rings. The molecule has 1 aromatic rings. The highest BCUT2D eigenvalue weighted by Gasteiger charge is 2.58. The SMILES string of the molecule is CC(C)(C(=O)NC1C2CC3CC1CC(OC(N)=O)(C3)C2)N1CCN(c2ccc(C(F)(F)F)cn2)CC1. The van der Waals surface area contributed by atoms with Crippen molar-refractivity contribution in [2.75, 3.05) is 31.1 Å². The summed E-state index contributed by atoms with van der Waals surface area (Å²) in [6.07, 6.45) is 0.156. The van der Waals surface area contributed by atoms with Crippen molar-refractivity contribution in [3.63, 3.8) is 0 Å². The first kappa shape index (κ1) is 25.1. The minimum atomic E-state index is -4.41. The van der Waals surface area contributed by atoms with Gasteiger partial charge in [0.2, 0.25) is 5.91 Å². The Morgan fingerprint density at radius 1 is 1.08 bits per heavy atom. The number of anilines is 1. The fourth-order valence-electron chi connectivity index (χ4n) is 7.23. The van der Waals surface area contributed by atoms with E-state index in [0.717, 1.165) is 44.4 Å². The molecular formula is C25H34F3N5O3. The number of nitrogens with two attached hydrogens (primary N) is 1. The van der Waals surface area contributed by atoms with Crippen LogP contribution in [-0.4, -0.2) is 65.2 Å². The van der Waals surface area contributed by atoms with Gasteiger partial charge < -0.3 is 20.7 Å². The molecule has 2 atom stereocenters. The Balaban J connectivity index is 1.19. The smallest absolute Gasteiger partial charge is 0.417 e. The number of hydrogen-bond donors (Lipinski definition) is 2. The van der Waals surface area contributed by atoms with Crippen molar-refractivity contribution in [3.05, 3.63) is 23.9 Å². The fraction of sp³-hybridized carbons (Fsp3) is 0.720. The number of alkyl halides is 3. The maximum absolute atomic E-state index is 13.5. The first-order valence-corrected chi connectivity index (χ1v) is 12.7. The summed E-state index contributed by atoms with van der Waals surface area (Å²) in [5.41, 5.74) is 3.38. The number of aromatic nitrogens is 1. The number of halogens is 3. The van der Waals surface area contributed by atoms with Gasteiger partial charge in [-0.2, -0.15) is 13.2 Å². The third-order valence-corrected chi connectivity index (χ3v) is 8.86. The second kappa shape index (κ2) is 8.78. The van der Waals surface area contributed by atoms with E-state index in [4.69, 9.17) is 10.5 Å². The predicted octanol–water partition coefficient (Wildman–Crippen LogP) is 3.16. The summed E-state index contributed by atoms with van der Waals surface area (Å²) >= 11 is 0. The van der Waals surface area contributed by atoms with Gasteiger partial charge >= 0.3 is 12.3 Å². The highest BCUT2D eigenvalue weighted by molar-refractivity contribution is 5.85. The second-order valence-electron chi connectivity index (χ2n) is 11.5. The van der Waals surface area contributed by atoms with Gasteiger partial charge in [0.1, 0.15) is 11.4 Å². The lowest BCUT2D eigenvalue weighted by molar-refractivity contribution is -0.151. The number of nitrogens with zero attached hydrogens (tertiary/aromatic N) is 3. The maximum Gasteiger partial charge on any atom is 0.417 e. The summed E-state index contributed by atoms with van der Waals surface area (Å²) in [6.45, 7) is 6.16. The van der Waals surface area contributed by atoms with Crippen LogP contribution in [0.1, 0.15) is 51.5 Å². The predicted molar refractivity (Wildman–Crippen MR) is 126 cm³/mol. The van der Waals surface area contributed by atoms with Gasteiger partial charge in [-0.15, -0.1) is 0 Å². The molecule has 5 aliphatic rings. The number of nitrogens with one attached hydrogen (secondary N) is 1. The zero-order valence-corrected chi connectivity index (χ0v) is 20.7. The maximum atomic E-state index is 13.5. The van der Waals surface area contributed by atoms with Crippen LogP contribution < -0.4 is 16.0 Å². The number of amides is 2. The molecule has 4 aliphatic carbocycles. The van der Waals surface area contributed by atoms with Gasteiger partial charge in [-0.25, -0.2) is 9.78 Å². The third kappa shape index (κ3) is 4.62. The molecule has 0 radical (unpaired) electrons.